The van der Waals surface area contributed by atoms with Crippen LogP contribution in [-0.4, -0.2) is 21.6 Å². The molecule has 0 atom stereocenters. The zero-order valence-corrected chi connectivity index (χ0v) is 17.1. The average molecular weight is 440 g/mol. The van der Waals surface area contributed by atoms with E-state index >= 15 is 0 Å². The molecule has 8 heteroatoms. The second kappa shape index (κ2) is 9.15. The van der Waals surface area contributed by atoms with Crippen molar-refractivity contribution in [3.8, 4) is 0 Å². The van der Waals surface area contributed by atoms with Crippen molar-refractivity contribution in [2.45, 2.75) is 10.7 Å². The molecule has 0 fully saturated rings. The third kappa shape index (κ3) is 4.72. The summed E-state index contributed by atoms with van der Waals surface area (Å²) in [6, 6.07) is 17.7. The van der Waals surface area contributed by atoms with Crippen LogP contribution in [0, 0.1) is 0 Å². The summed E-state index contributed by atoms with van der Waals surface area (Å²) in [5.74, 6) is -2.80. The maximum atomic E-state index is 13.1. The normalized spacial score (nSPS) is 11.4. The van der Waals surface area contributed by atoms with E-state index in [0.717, 1.165) is 15.8 Å². The zero-order chi connectivity index (χ0) is 20.9. The molecule has 0 N–H and O–H groups in total. The first-order valence-electron chi connectivity index (χ1n) is 8.93. The van der Waals surface area contributed by atoms with Gasteiger partial charge in [-0.2, -0.15) is 8.78 Å². The summed E-state index contributed by atoms with van der Waals surface area (Å²) in [6.45, 7) is 0. The summed E-state index contributed by atoms with van der Waals surface area (Å²) in [5, 5.41) is 0.506. The SMILES string of the molecule is O=C(/C=C/c1cccnc1)N(c1ccc(SC(F)F)cc1)c1nc2ccccc2s1. The molecule has 0 saturated heterocycles. The standard InChI is InChI=1S/C22H15F2N3OS2/c23-21(24)29-17-10-8-16(9-11-17)27(20(28)12-7-15-4-3-13-25-14-15)22-26-18-5-1-2-6-19(18)30-22/h1-14,21H/b12-7+. The van der Waals surface area contributed by atoms with E-state index in [0.29, 0.717) is 27.5 Å². The van der Waals surface area contributed by atoms with Gasteiger partial charge < -0.3 is 0 Å². The van der Waals surface area contributed by atoms with E-state index in [4.69, 9.17) is 0 Å². The van der Waals surface area contributed by atoms with Crippen molar-refractivity contribution in [1.29, 1.82) is 0 Å². The molecule has 4 nitrogen and oxygen atoms in total. The highest BCUT2D eigenvalue weighted by atomic mass is 32.2. The largest absolute Gasteiger partial charge is 0.288 e. The molecule has 0 spiro atoms. The second-order valence-electron chi connectivity index (χ2n) is 6.13. The number of hydrogen-bond acceptors (Lipinski definition) is 5. The maximum Gasteiger partial charge on any atom is 0.288 e. The summed E-state index contributed by atoms with van der Waals surface area (Å²) in [7, 11) is 0. The molecule has 2 aromatic heterocycles. The van der Waals surface area contributed by atoms with Gasteiger partial charge in [-0.3, -0.25) is 14.7 Å². The van der Waals surface area contributed by atoms with Crippen LogP contribution in [0.15, 0.2) is 84.0 Å². The van der Waals surface area contributed by atoms with Crippen molar-refractivity contribution < 1.29 is 13.6 Å². The van der Waals surface area contributed by atoms with Crippen molar-refractivity contribution in [3.63, 3.8) is 0 Å². The van der Waals surface area contributed by atoms with Crippen LogP contribution >= 0.6 is 23.1 Å². The first kappa shape index (κ1) is 20.2. The average Bonchev–Trinajstić information content (AvgIpc) is 3.17. The van der Waals surface area contributed by atoms with E-state index in [2.05, 4.69) is 9.97 Å². The van der Waals surface area contributed by atoms with Crippen LogP contribution < -0.4 is 4.90 Å². The van der Waals surface area contributed by atoms with Crippen LogP contribution in [-0.2, 0) is 4.79 Å². The highest BCUT2D eigenvalue weighted by Crippen LogP contribution is 2.35. The molecule has 0 aliphatic heterocycles. The van der Waals surface area contributed by atoms with Crippen molar-refractivity contribution in [2.75, 3.05) is 4.90 Å². The van der Waals surface area contributed by atoms with Crippen molar-refractivity contribution >= 4 is 56.1 Å². The first-order chi connectivity index (χ1) is 14.6. The number of anilines is 2. The minimum absolute atomic E-state index is 0.299. The molecule has 2 heterocycles. The van der Waals surface area contributed by atoms with E-state index in [-0.39, 0.29) is 5.91 Å². The third-order valence-electron chi connectivity index (χ3n) is 4.12. The fraction of sp³-hybridized carbons (Fsp3) is 0.0455. The Morgan fingerprint density at radius 2 is 1.87 bits per heavy atom. The summed E-state index contributed by atoms with van der Waals surface area (Å²) in [4.78, 5) is 23.6. The Kier molecular flexibility index (Phi) is 6.15. The summed E-state index contributed by atoms with van der Waals surface area (Å²) >= 11 is 1.85. The van der Waals surface area contributed by atoms with Crippen LogP contribution in [0.3, 0.4) is 0 Å². The summed E-state index contributed by atoms with van der Waals surface area (Å²) in [5.41, 5.74) is 2.13. The van der Waals surface area contributed by atoms with Gasteiger partial charge in [0.2, 0.25) is 0 Å². The Hall–Kier alpha value is -3.10. The molecule has 4 aromatic rings. The smallest absolute Gasteiger partial charge is 0.269 e. The van der Waals surface area contributed by atoms with Crippen LogP contribution in [0.5, 0.6) is 0 Å². The minimum atomic E-state index is -2.50. The van der Waals surface area contributed by atoms with Gasteiger partial charge in [0.25, 0.3) is 11.7 Å². The van der Waals surface area contributed by atoms with Crippen molar-refractivity contribution in [3.05, 3.63) is 84.7 Å². The maximum absolute atomic E-state index is 13.1. The molecule has 150 valence electrons. The molecule has 0 aliphatic rings. The Bertz CT molecular complexity index is 1140. The number of fused-ring (bicyclic) bond motifs is 1. The number of carbonyl (C=O) groups is 1. The third-order valence-corrected chi connectivity index (χ3v) is 5.86. The Morgan fingerprint density at radius 3 is 2.57 bits per heavy atom. The second-order valence-corrected chi connectivity index (χ2v) is 8.20. The Labute approximate surface area is 179 Å². The molecule has 30 heavy (non-hydrogen) atoms. The lowest BCUT2D eigenvalue weighted by Crippen LogP contribution is -2.23. The van der Waals surface area contributed by atoms with Gasteiger partial charge in [-0.05, 0) is 54.1 Å². The van der Waals surface area contributed by atoms with Gasteiger partial charge in [-0.25, -0.2) is 4.98 Å². The topological polar surface area (TPSA) is 46.1 Å². The number of alkyl halides is 2. The number of aromatic nitrogens is 2. The van der Waals surface area contributed by atoms with E-state index in [1.807, 2.05) is 30.3 Å². The molecule has 0 saturated carbocycles. The van der Waals surface area contributed by atoms with E-state index in [9.17, 15) is 13.6 Å². The number of pyridine rings is 1. The molecule has 4 rings (SSSR count). The molecule has 0 unspecified atom stereocenters. The van der Waals surface area contributed by atoms with Crippen molar-refractivity contribution in [1.82, 2.24) is 9.97 Å². The number of hydrogen-bond donors (Lipinski definition) is 0. The monoisotopic (exact) mass is 439 g/mol. The first-order valence-corrected chi connectivity index (χ1v) is 10.6. The van der Waals surface area contributed by atoms with E-state index in [1.54, 1.807) is 48.8 Å². The number of benzene rings is 2. The van der Waals surface area contributed by atoms with Gasteiger partial charge in [-0.1, -0.05) is 41.3 Å². The predicted octanol–water partition coefficient (Wildman–Crippen LogP) is 6.38. The molecule has 0 bridgehead atoms. The van der Waals surface area contributed by atoms with Crippen LogP contribution in [0.1, 0.15) is 5.56 Å². The van der Waals surface area contributed by atoms with E-state index in [1.165, 1.54) is 22.3 Å². The lowest BCUT2D eigenvalue weighted by Gasteiger charge is -2.18. The molecule has 0 radical (unpaired) electrons. The number of para-hydroxylation sites is 1. The highest BCUT2D eigenvalue weighted by molar-refractivity contribution is 7.99. The minimum Gasteiger partial charge on any atom is -0.269 e. The highest BCUT2D eigenvalue weighted by Gasteiger charge is 2.20. The number of rotatable bonds is 6. The quantitative estimate of drug-likeness (QED) is 0.258. The number of thiazole rings is 1. The van der Waals surface area contributed by atoms with E-state index < -0.39 is 5.76 Å². The van der Waals surface area contributed by atoms with Crippen molar-refractivity contribution in [2.24, 2.45) is 0 Å². The lowest BCUT2D eigenvalue weighted by molar-refractivity contribution is -0.113. The molecule has 2 aromatic carbocycles. The van der Waals surface area contributed by atoms with Crippen LogP contribution in [0.2, 0.25) is 0 Å². The molecular weight excluding hydrogens is 424 g/mol. The number of amides is 1. The van der Waals surface area contributed by atoms with Gasteiger partial charge in [0.05, 0.1) is 15.9 Å². The van der Waals surface area contributed by atoms with Crippen LogP contribution in [0.4, 0.5) is 19.6 Å². The number of halogens is 2. The van der Waals surface area contributed by atoms with Gasteiger partial charge in [0.1, 0.15) is 0 Å². The summed E-state index contributed by atoms with van der Waals surface area (Å²) in [6.07, 6.45) is 6.44. The predicted molar refractivity (Wildman–Crippen MR) is 118 cm³/mol. The number of nitrogens with zero attached hydrogens (tertiary/aromatic N) is 3. The fourth-order valence-electron chi connectivity index (χ4n) is 2.78. The Morgan fingerprint density at radius 1 is 1.07 bits per heavy atom. The molecule has 0 aliphatic carbocycles. The van der Waals surface area contributed by atoms with Gasteiger partial charge in [-0.15, -0.1) is 0 Å². The molecular formula is C22H15F2N3OS2. The summed E-state index contributed by atoms with van der Waals surface area (Å²) < 4.78 is 26.2. The van der Waals surface area contributed by atoms with Gasteiger partial charge in [0, 0.05) is 23.4 Å². The Balaban J connectivity index is 1.70. The van der Waals surface area contributed by atoms with Gasteiger partial charge in [0.15, 0.2) is 5.13 Å². The zero-order valence-electron chi connectivity index (χ0n) is 15.5. The molecule has 1 amide bonds. The number of carbonyl (C=O) groups excluding carboxylic acids is 1. The van der Waals surface area contributed by atoms with Gasteiger partial charge >= 0.3 is 0 Å². The van der Waals surface area contributed by atoms with Crippen LogP contribution in [0.25, 0.3) is 16.3 Å². The lowest BCUT2D eigenvalue weighted by atomic mass is 10.2. The number of thioether (sulfide) groups is 1. The fourth-order valence-corrected chi connectivity index (χ4v) is 4.27.